The minimum atomic E-state index is -0.175. The van der Waals surface area contributed by atoms with E-state index in [1.165, 1.54) is 11.3 Å². The molecule has 2 amide bonds. The first-order valence-electron chi connectivity index (χ1n) is 7.84. The Morgan fingerprint density at radius 1 is 1.21 bits per heavy atom. The van der Waals surface area contributed by atoms with Crippen molar-refractivity contribution in [2.24, 2.45) is 0 Å². The second kappa shape index (κ2) is 5.89. The molecule has 0 bridgehead atoms. The molecule has 1 aromatic heterocycles. The summed E-state index contributed by atoms with van der Waals surface area (Å²) in [5.74, 6) is -0.224. The molecule has 0 spiro atoms. The molecule has 0 radical (unpaired) electrons. The van der Waals surface area contributed by atoms with E-state index in [1.807, 2.05) is 42.8 Å². The normalized spacial score (nSPS) is 17.5. The fraction of sp³-hybridized carbons (Fsp3) is 0.222. The zero-order chi connectivity index (χ0) is 16.7. The number of anilines is 3. The van der Waals surface area contributed by atoms with Crippen LogP contribution in [0.2, 0.25) is 0 Å². The third-order valence-electron chi connectivity index (χ3n) is 4.41. The quantitative estimate of drug-likeness (QED) is 0.868. The zero-order valence-corrected chi connectivity index (χ0v) is 14.1. The van der Waals surface area contributed by atoms with Crippen LogP contribution in [0.5, 0.6) is 0 Å². The van der Waals surface area contributed by atoms with E-state index < -0.39 is 0 Å². The van der Waals surface area contributed by atoms with Gasteiger partial charge in [-0.3, -0.25) is 14.5 Å². The van der Waals surface area contributed by atoms with E-state index in [-0.39, 0.29) is 11.8 Å². The van der Waals surface area contributed by atoms with Gasteiger partial charge in [0.2, 0.25) is 0 Å². The van der Waals surface area contributed by atoms with Crippen LogP contribution in [0.15, 0.2) is 46.7 Å². The summed E-state index contributed by atoms with van der Waals surface area (Å²) in [6.45, 7) is 1.63. The van der Waals surface area contributed by atoms with Gasteiger partial charge in [-0.15, -0.1) is 11.3 Å². The average molecular weight is 339 g/mol. The van der Waals surface area contributed by atoms with Crippen molar-refractivity contribution in [2.75, 3.05) is 30.4 Å². The van der Waals surface area contributed by atoms with Gasteiger partial charge in [0.05, 0.1) is 22.6 Å². The van der Waals surface area contributed by atoms with Crippen molar-refractivity contribution in [3.63, 3.8) is 0 Å². The maximum atomic E-state index is 13.2. The van der Waals surface area contributed by atoms with E-state index in [0.29, 0.717) is 22.6 Å². The Morgan fingerprint density at radius 2 is 2.04 bits per heavy atom. The first-order chi connectivity index (χ1) is 11.6. The molecule has 2 aromatic rings. The molecule has 0 saturated carbocycles. The fourth-order valence-corrected chi connectivity index (χ4v) is 3.85. The molecule has 24 heavy (non-hydrogen) atoms. The van der Waals surface area contributed by atoms with Gasteiger partial charge in [-0.05, 0) is 25.6 Å². The number of hydrogen-bond donors (Lipinski definition) is 1. The monoisotopic (exact) mass is 339 g/mol. The predicted octanol–water partition coefficient (Wildman–Crippen LogP) is 3.24. The van der Waals surface area contributed by atoms with Gasteiger partial charge in [0.15, 0.2) is 0 Å². The molecule has 2 aliphatic heterocycles. The van der Waals surface area contributed by atoms with Crippen molar-refractivity contribution in [3.05, 3.63) is 52.2 Å². The molecule has 4 rings (SSSR count). The Kier molecular flexibility index (Phi) is 3.70. The van der Waals surface area contributed by atoms with Gasteiger partial charge in [-0.1, -0.05) is 18.2 Å². The summed E-state index contributed by atoms with van der Waals surface area (Å²) >= 11 is 1.43. The molecule has 122 valence electrons. The Morgan fingerprint density at radius 3 is 2.83 bits per heavy atom. The summed E-state index contributed by atoms with van der Waals surface area (Å²) in [6.07, 6.45) is 2.70. The lowest BCUT2D eigenvalue weighted by molar-refractivity contribution is -0.114. The Labute approximate surface area is 144 Å². The largest absolute Gasteiger partial charge is 0.320 e. The number of benzene rings is 1. The molecule has 0 atom stereocenters. The van der Waals surface area contributed by atoms with Crippen molar-refractivity contribution in [2.45, 2.75) is 6.42 Å². The number of carbonyl (C=O) groups is 2. The van der Waals surface area contributed by atoms with Crippen LogP contribution < -0.4 is 10.2 Å². The van der Waals surface area contributed by atoms with Gasteiger partial charge >= 0.3 is 0 Å². The minimum Gasteiger partial charge on any atom is -0.320 e. The third-order valence-corrected chi connectivity index (χ3v) is 5.14. The highest BCUT2D eigenvalue weighted by Gasteiger charge is 2.31. The summed E-state index contributed by atoms with van der Waals surface area (Å²) in [4.78, 5) is 29.6. The molecule has 3 heterocycles. The maximum Gasteiger partial charge on any atom is 0.258 e. The van der Waals surface area contributed by atoms with Crippen LogP contribution in [0, 0.1) is 0 Å². The lowest BCUT2D eigenvalue weighted by Crippen LogP contribution is -2.33. The van der Waals surface area contributed by atoms with Gasteiger partial charge in [-0.2, -0.15) is 0 Å². The van der Waals surface area contributed by atoms with Crippen molar-refractivity contribution >= 4 is 40.2 Å². The molecule has 0 saturated heterocycles. The van der Waals surface area contributed by atoms with Crippen LogP contribution in [-0.4, -0.2) is 36.9 Å². The van der Waals surface area contributed by atoms with E-state index in [2.05, 4.69) is 10.2 Å². The summed E-state index contributed by atoms with van der Waals surface area (Å²) in [5, 5.41) is 6.56. The van der Waals surface area contributed by atoms with E-state index in [0.717, 1.165) is 25.1 Å². The van der Waals surface area contributed by atoms with E-state index in [1.54, 1.807) is 10.3 Å². The Bertz CT molecular complexity index is 855. The molecule has 5 nitrogen and oxygen atoms in total. The van der Waals surface area contributed by atoms with Crippen LogP contribution >= 0.6 is 11.3 Å². The third kappa shape index (κ3) is 2.44. The highest BCUT2D eigenvalue weighted by Crippen LogP contribution is 2.40. The van der Waals surface area contributed by atoms with E-state index >= 15 is 0 Å². The number of amides is 2. The number of carbonyl (C=O) groups excluding carboxylic acids is 2. The highest BCUT2D eigenvalue weighted by molar-refractivity contribution is 7.08. The summed E-state index contributed by atoms with van der Waals surface area (Å²) in [7, 11) is 2.04. The van der Waals surface area contributed by atoms with Crippen molar-refractivity contribution < 1.29 is 9.59 Å². The number of likely N-dealkylation sites (N-methyl/N-ethyl adjacent to an activating group) is 1. The highest BCUT2D eigenvalue weighted by atomic mass is 32.1. The van der Waals surface area contributed by atoms with Gasteiger partial charge in [0.25, 0.3) is 11.8 Å². The first-order valence-corrected chi connectivity index (χ1v) is 8.78. The second-order valence-corrected chi connectivity index (χ2v) is 6.77. The average Bonchev–Trinajstić information content (AvgIpc) is 3.02. The SMILES string of the molecule is CN1CC=C(C(=O)N2c3ccccc3NC(=O)c3cscc32)CC1. The summed E-state index contributed by atoms with van der Waals surface area (Å²) < 4.78 is 0. The molecular formula is C18H17N3O2S. The lowest BCUT2D eigenvalue weighted by Gasteiger charge is -2.27. The minimum absolute atomic E-state index is 0.0494. The predicted molar refractivity (Wildman–Crippen MR) is 96.1 cm³/mol. The Balaban J connectivity index is 1.84. The van der Waals surface area contributed by atoms with Gasteiger partial charge in [0.1, 0.15) is 0 Å². The van der Waals surface area contributed by atoms with Crippen LogP contribution in [0.4, 0.5) is 17.1 Å². The van der Waals surface area contributed by atoms with E-state index in [4.69, 9.17) is 0 Å². The van der Waals surface area contributed by atoms with Crippen LogP contribution in [0.1, 0.15) is 16.8 Å². The molecular weight excluding hydrogens is 322 g/mol. The lowest BCUT2D eigenvalue weighted by atomic mass is 10.1. The maximum absolute atomic E-state index is 13.2. The molecule has 0 unspecified atom stereocenters. The number of nitrogens with zero attached hydrogens (tertiary/aromatic N) is 2. The van der Waals surface area contributed by atoms with Crippen LogP contribution in [-0.2, 0) is 4.79 Å². The van der Waals surface area contributed by atoms with Crippen LogP contribution in [0.3, 0.4) is 0 Å². The van der Waals surface area contributed by atoms with Crippen LogP contribution in [0.25, 0.3) is 0 Å². The molecule has 1 aromatic carbocycles. The number of fused-ring (bicyclic) bond motifs is 2. The number of para-hydroxylation sites is 2. The summed E-state index contributed by atoms with van der Waals surface area (Å²) in [5.41, 5.74) is 3.37. The first kappa shape index (κ1) is 15.1. The zero-order valence-electron chi connectivity index (χ0n) is 13.3. The Hall–Kier alpha value is -2.44. The summed E-state index contributed by atoms with van der Waals surface area (Å²) in [6, 6.07) is 7.43. The molecule has 0 fully saturated rings. The van der Waals surface area contributed by atoms with Crippen molar-refractivity contribution in [1.29, 1.82) is 0 Å². The number of nitrogens with one attached hydrogen (secondary N) is 1. The molecule has 0 aliphatic carbocycles. The van der Waals surface area contributed by atoms with Gasteiger partial charge in [0, 0.05) is 29.4 Å². The van der Waals surface area contributed by atoms with Gasteiger partial charge in [-0.25, -0.2) is 0 Å². The number of thiophene rings is 1. The topological polar surface area (TPSA) is 52.7 Å². The smallest absolute Gasteiger partial charge is 0.258 e. The standard InChI is InChI=1S/C18H17N3O2S/c1-20-8-6-12(7-9-20)18(23)21-15-5-3-2-4-14(15)19-17(22)13-10-24-11-16(13)21/h2-6,10-11H,7-9H2,1H3,(H,19,22). The fourth-order valence-electron chi connectivity index (χ4n) is 3.05. The molecule has 1 N–H and O–H groups in total. The number of hydrogen-bond acceptors (Lipinski definition) is 4. The second-order valence-electron chi connectivity index (χ2n) is 6.02. The van der Waals surface area contributed by atoms with Crippen molar-refractivity contribution in [1.82, 2.24) is 4.90 Å². The van der Waals surface area contributed by atoms with Crippen molar-refractivity contribution in [3.8, 4) is 0 Å². The van der Waals surface area contributed by atoms with Gasteiger partial charge < -0.3 is 10.2 Å². The molecule has 6 heteroatoms. The number of rotatable bonds is 1. The molecule has 2 aliphatic rings. The van der Waals surface area contributed by atoms with E-state index in [9.17, 15) is 9.59 Å².